The highest BCUT2D eigenvalue weighted by Crippen LogP contribution is 2.30. The molecule has 1 unspecified atom stereocenters. The molecule has 0 fully saturated rings. The van der Waals surface area contributed by atoms with E-state index in [2.05, 4.69) is 5.32 Å². The summed E-state index contributed by atoms with van der Waals surface area (Å²) in [5, 5.41) is 10.8. The van der Waals surface area contributed by atoms with Crippen molar-refractivity contribution in [3.8, 4) is 0 Å². The number of rotatable bonds is 6. The monoisotopic (exact) mass is 345 g/mol. The maximum Gasteiger partial charge on any atom is 0.408 e. The number of carboxylic acid groups (broad SMARTS) is 1. The third-order valence-electron chi connectivity index (χ3n) is 3.39. The molecule has 0 heterocycles. The molecule has 0 aliphatic heterocycles. The fourth-order valence-corrected chi connectivity index (χ4v) is 2.20. The van der Waals surface area contributed by atoms with Gasteiger partial charge in [-0.25, -0.2) is 4.79 Å². The van der Waals surface area contributed by atoms with Crippen LogP contribution in [-0.4, -0.2) is 29.2 Å². The lowest BCUT2D eigenvalue weighted by atomic mass is 9.87. The summed E-state index contributed by atoms with van der Waals surface area (Å²) < 4.78 is 39.1. The minimum atomic E-state index is -4.49. The Hall–Kier alpha value is -2.05. The van der Waals surface area contributed by atoms with Crippen molar-refractivity contribution in [3.05, 3.63) is 35.4 Å². The third kappa shape index (κ3) is 7.02. The molecule has 1 rings (SSSR count). The van der Waals surface area contributed by atoms with E-state index < -0.39 is 29.5 Å². The second kappa shape index (κ2) is 7.68. The average molecular weight is 345 g/mol. The van der Waals surface area contributed by atoms with Crippen LogP contribution in [0.4, 0.5) is 13.2 Å². The normalized spacial score (nSPS) is 13.4. The molecule has 0 radical (unpaired) electrons. The predicted molar refractivity (Wildman–Crippen MR) is 83.8 cm³/mol. The van der Waals surface area contributed by atoms with Gasteiger partial charge in [0, 0.05) is 6.42 Å². The van der Waals surface area contributed by atoms with E-state index in [0.717, 1.165) is 0 Å². The lowest BCUT2D eigenvalue weighted by molar-refractivity contribution is -0.167. The Kier molecular flexibility index (Phi) is 6.40. The van der Waals surface area contributed by atoms with Crippen molar-refractivity contribution in [3.63, 3.8) is 0 Å². The number of halogens is 3. The summed E-state index contributed by atoms with van der Waals surface area (Å²) in [6, 6.07) is 4.01. The zero-order valence-corrected chi connectivity index (χ0v) is 13.9. The van der Waals surface area contributed by atoms with E-state index in [-0.39, 0.29) is 24.8 Å². The number of benzene rings is 1. The minimum Gasteiger partial charge on any atom is -0.478 e. The smallest absolute Gasteiger partial charge is 0.408 e. The summed E-state index contributed by atoms with van der Waals surface area (Å²) in [7, 11) is 0. The fourth-order valence-electron chi connectivity index (χ4n) is 2.20. The summed E-state index contributed by atoms with van der Waals surface area (Å²) in [6.07, 6.45) is -4.55. The van der Waals surface area contributed by atoms with Crippen molar-refractivity contribution in [2.75, 3.05) is 0 Å². The van der Waals surface area contributed by atoms with Gasteiger partial charge in [0.1, 0.15) is 6.04 Å². The number of aryl methyl sites for hydroxylation is 1. The lowest BCUT2D eigenvalue weighted by Gasteiger charge is -2.28. The van der Waals surface area contributed by atoms with E-state index in [4.69, 9.17) is 5.11 Å². The number of carbonyl (C=O) groups excluding carboxylic acids is 1. The quantitative estimate of drug-likeness (QED) is 0.824. The van der Waals surface area contributed by atoms with Crippen LogP contribution in [0, 0.1) is 5.41 Å². The maximum atomic E-state index is 13.0. The van der Waals surface area contributed by atoms with Gasteiger partial charge < -0.3 is 10.4 Å². The number of aromatic carboxylic acids is 1. The Morgan fingerprint density at radius 2 is 1.67 bits per heavy atom. The van der Waals surface area contributed by atoms with Crippen molar-refractivity contribution < 1.29 is 27.9 Å². The Morgan fingerprint density at radius 1 is 1.12 bits per heavy atom. The van der Waals surface area contributed by atoms with Crippen LogP contribution < -0.4 is 5.32 Å². The first-order chi connectivity index (χ1) is 10.9. The van der Waals surface area contributed by atoms with Gasteiger partial charge in [-0.1, -0.05) is 32.9 Å². The molecule has 0 aliphatic carbocycles. The molecule has 1 amide bonds. The summed E-state index contributed by atoms with van der Waals surface area (Å²) in [5.41, 5.74) is 0.236. The summed E-state index contributed by atoms with van der Waals surface area (Å²) in [6.45, 7) is 5.05. The molecule has 0 spiro atoms. The Labute approximate surface area is 139 Å². The minimum absolute atomic E-state index is 0.0941. The first kappa shape index (κ1) is 20.0. The zero-order valence-electron chi connectivity index (χ0n) is 13.9. The summed E-state index contributed by atoms with van der Waals surface area (Å²) in [4.78, 5) is 22.6. The highest BCUT2D eigenvalue weighted by molar-refractivity contribution is 5.87. The predicted octanol–water partition coefficient (Wildman–Crippen LogP) is 3.80. The average Bonchev–Trinajstić information content (AvgIpc) is 2.42. The van der Waals surface area contributed by atoms with Crippen LogP contribution in [0.5, 0.6) is 0 Å². The first-order valence-corrected chi connectivity index (χ1v) is 7.57. The number of nitrogens with one attached hydrogen (secondary N) is 1. The molecule has 0 saturated heterocycles. The van der Waals surface area contributed by atoms with Gasteiger partial charge in [-0.05, 0) is 36.0 Å². The van der Waals surface area contributed by atoms with Gasteiger partial charge in [0.15, 0.2) is 0 Å². The molecule has 0 aliphatic rings. The van der Waals surface area contributed by atoms with Gasteiger partial charge >= 0.3 is 12.1 Å². The number of hydrogen-bond donors (Lipinski definition) is 2. The van der Waals surface area contributed by atoms with Gasteiger partial charge in [-0.15, -0.1) is 0 Å². The number of carbonyl (C=O) groups is 2. The molecule has 7 heteroatoms. The van der Waals surface area contributed by atoms with E-state index >= 15 is 0 Å². The highest BCUT2D eigenvalue weighted by Gasteiger charge is 2.42. The van der Waals surface area contributed by atoms with Crippen molar-refractivity contribution in [1.82, 2.24) is 5.32 Å². The van der Waals surface area contributed by atoms with Crippen LogP contribution in [0.15, 0.2) is 24.3 Å². The molecule has 1 aromatic rings. The SMILES string of the molecule is CC(C)(C)CC(NC(=O)CCc1ccc(C(=O)O)cc1)C(F)(F)F. The number of hydrogen-bond acceptors (Lipinski definition) is 2. The van der Waals surface area contributed by atoms with Crippen molar-refractivity contribution >= 4 is 11.9 Å². The van der Waals surface area contributed by atoms with Crippen LogP contribution >= 0.6 is 0 Å². The molecule has 0 bridgehead atoms. The van der Waals surface area contributed by atoms with E-state index in [1.807, 2.05) is 0 Å². The van der Waals surface area contributed by atoms with Crippen LogP contribution in [-0.2, 0) is 11.2 Å². The molecule has 4 nitrogen and oxygen atoms in total. The Morgan fingerprint density at radius 3 is 2.08 bits per heavy atom. The van der Waals surface area contributed by atoms with Crippen molar-refractivity contribution in [1.29, 1.82) is 0 Å². The fraction of sp³-hybridized carbons (Fsp3) is 0.529. The van der Waals surface area contributed by atoms with Crippen LogP contribution in [0.3, 0.4) is 0 Å². The maximum absolute atomic E-state index is 13.0. The zero-order chi connectivity index (χ0) is 18.5. The molecular weight excluding hydrogens is 323 g/mol. The molecule has 1 aromatic carbocycles. The molecule has 2 N–H and O–H groups in total. The van der Waals surface area contributed by atoms with Gasteiger partial charge in [0.25, 0.3) is 0 Å². The molecule has 0 aromatic heterocycles. The second-order valence-corrected chi connectivity index (χ2v) is 6.93. The standard InChI is InChI=1S/C17H22F3NO3/c1-16(2,3)10-13(17(18,19)20)21-14(22)9-6-11-4-7-12(8-5-11)15(23)24/h4-5,7-8,13H,6,9-10H2,1-3H3,(H,21,22)(H,23,24). The first-order valence-electron chi connectivity index (χ1n) is 7.57. The van der Waals surface area contributed by atoms with Gasteiger partial charge in [-0.2, -0.15) is 13.2 Å². The van der Waals surface area contributed by atoms with E-state index in [1.165, 1.54) is 12.1 Å². The second-order valence-electron chi connectivity index (χ2n) is 6.93. The van der Waals surface area contributed by atoms with Crippen molar-refractivity contribution in [2.45, 2.75) is 52.3 Å². The van der Waals surface area contributed by atoms with Crippen molar-refractivity contribution in [2.24, 2.45) is 5.41 Å². The van der Waals surface area contributed by atoms with Gasteiger partial charge in [0.2, 0.25) is 5.91 Å². The third-order valence-corrected chi connectivity index (χ3v) is 3.39. The van der Waals surface area contributed by atoms with Gasteiger partial charge in [-0.3, -0.25) is 4.79 Å². The Balaban J connectivity index is 2.61. The molecule has 1 atom stereocenters. The largest absolute Gasteiger partial charge is 0.478 e. The van der Waals surface area contributed by atoms with E-state index in [1.54, 1.807) is 32.9 Å². The lowest BCUT2D eigenvalue weighted by Crippen LogP contribution is -2.47. The number of carboxylic acids is 1. The van der Waals surface area contributed by atoms with Crippen LogP contribution in [0.1, 0.15) is 49.5 Å². The van der Waals surface area contributed by atoms with Crippen LogP contribution in [0.25, 0.3) is 0 Å². The Bertz CT molecular complexity index is 574. The molecular formula is C17H22F3NO3. The summed E-state index contributed by atoms with van der Waals surface area (Å²) in [5.74, 6) is -1.74. The number of alkyl halides is 3. The van der Waals surface area contributed by atoms with E-state index in [9.17, 15) is 22.8 Å². The van der Waals surface area contributed by atoms with E-state index in [0.29, 0.717) is 5.56 Å². The highest BCUT2D eigenvalue weighted by atomic mass is 19.4. The molecule has 134 valence electrons. The molecule has 24 heavy (non-hydrogen) atoms. The topological polar surface area (TPSA) is 66.4 Å². The molecule has 0 saturated carbocycles. The van der Waals surface area contributed by atoms with Gasteiger partial charge in [0.05, 0.1) is 5.56 Å². The summed E-state index contributed by atoms with van der Waals surface area (Å²) >= 11 is 0. The van der Waals surface area contributed by atoms with Crippen LogP contribution in [0.2, 0.25) is 0 Å². The number of amides is 1.